The average molecular weight is 239 g/mol. The van der Waals surface area contributed by atoms with Crippen LogP contribution >= 0.6 is 0 Å². The van der Waals surface area contributed by atoms with Crippen LogP contribution in [0.1, 0.15) is 36.9 Å². The second kappa shape index (κ2) is 5.77. The van der Waals surface area contributed by atoms with Crippen LogP contribution in [0.5, 0.6) is 0 Å². The fraction of sp³-hybridized carbons (Fsp3) is 0.462. The lowest BCUT2D eigenvalue weighted by Gasteiger charge is -2.16. The van der Waals surface area contributed by atoms with E-state index in [2.05, 4.69) is 0 Å². The van der Waals surface area contributed by atoms with Gasteiger partial charge < -0.3 is 10.8 Å². The van der Waals surface area contributed by atoms with Gasteiger partial charge in [0, 0.05) is 12.5 Å². The lowest BCUT2D eigenvalue weighted by molar-refractivity contribution is -0.138. The maximum atomic E-state index is 13.1. The van der Waals surface area contributed by atoms with E-state index in [1.807, 2.05) is 6.92 Å². The molecule has 1 aromatic rings. The molecule has 1 aromatic carbocycles. The summed E-state index contributed by atoms with van der Waals surface area (Å²) in [4.78, 5) is 10.5. The average Bonchev–Trinajstić information content (AvgIpc) is 2.20. The Morgan fingerprint density at radius 1 is 1.53 bits per heavy atom. The predicted octanol–water partition coefficient (Wildman–Crippen LogP) is 2.63. The molecule has 17 heavy (non-hydrogen) atoms. The molecule has 0 radical (unpaired) electrons. The zero-order valence-electron chi connectivity index (χ0n) is 10.1. The molecule has 2 atom stereocenters. The highest BCUT2D eigenvalue weighted by molar-refractivity contribution is 5.66. The molecule has 0 aromatic heterocycles. The van der Waals surface area contributed by atoms with Crippen LogP contribution in [0.25, 0.3) is 0 Å². The van der Waals surface area contributed by atoms with Crippen LogP contribution in [0, 0.1) is 18.7 Å². The second-order valence-corrected chi connectivity index (χ2v) is 4.55. The van der Waals surface area contributed by atoms with Gasteiger partial charge in [-0.25, -0.2) is 4.39 Å². The first-order valence-corrected chi connectivity index (χ1v) is 5.63. The minimum Gasteiger partial charge on any atom is -0.481 e. The van der Waals surface area contributed by atoms with Gasteiger partial charge >= 0.3 is 5.97 Å². The van der Waals surface area contributed by atoms with E-state index in [0.717, 1.165) is 5.56 Å². The Kier molecular flexibility index (Phi) is 4.63. The van der Waals surface area contributed by atoms with Crippen molar-refractivity contribution in [2.75, 3.05) is 0 Å². The summed E-state index contributed by atoms with van der Waals surface area (Å²) < 4.78 is 13.1. The fourth-order valence-electron chi connectivity index (χ4n) is 1.85. The van der Waals surface area contributed by atoms with Gasteiger partial charge in [0.15, 0.2) is 0 Å². The lowest BCUT2D eigenvalue weighted by atomic mass is 9.93. The minimum atomic E-state index is -0.819. The first-order chi connectivity index (χ1) is 7.90. The molecule has 0 heterocycles. The molecule has 0 aliphatic rings. The third-order valence-corrected chi connectivity index (χ3v) is 2.79. The van der Waals surface area contributed by atoms with Gasteiger partial charge in [0.05, 0.1) is 0 Å². The lowest BCUT2D eigenvalue weighted by Crippen LogP contribution is -2.16. The number of carbonyl (C=O) groups is 1. The van der Waals surface area contributed by atoms with Gasteiger partial charge in [-0.15, -0.1) is 0 Å². The number of halogens is 1. The van der Waals surface area contributed by atoms with Crippen LogP contribution in [-0.2, 0) is 4.79 Å². The molecule has 94 valence electrons. The molecular formula is C13H18FNO2. The van der Waals surface area contributed by atoms with Crippen molar-refractivity contribution >= 4 is 5.97 Å². The summed E-state index contributed by atoms with van der Waals surface area (Å²) in [7, 11) is 0. The minimum absolute atomic E-state index is 0.00728. The topological polar surface area (TPSA) is 63.3 Å². The van der Waals surface area contributed by atoms with Gasteiger partial charge in [-0.2, -0.15) is 0 Å². The van der Waals surface area contributed by atoms with Gasteiger partial charge in [0.1, 0.15) is 5.82 Å². The molecule has 1 rings (SSSR count). The number of rotatable bonds is 5. The zero-order valence-corrected chi connectivity index (χ0v) is 10.1. The van der Waals surface area contributed by atoms with Crippen LogP contribution in [-0.4, -0.2) is 11.1 Å². The van der Waals surface area contributed by atoms with E-state index in [-0.39, 0.29) is 24.2 Å². The van der Waals surface area contributed by atoms with E-state index in [1.54, 1.807) is 19.1 Å². The van der Waals surface area contributed by atoms with Crippen molar-refractivity contribution in [1.29, 1.82) is 0 Å². The number of carboxylic acids is 1. The van der Waals surface area contributed by atoms with E-state index in [0.29, 0.717) is 12.0 Å². The van der Waals surface area contributed by atoms with Crippen LogP contribution < -0.4 is 5.73 Å². The first kappa shape index (κ1) is 13.6. The highest BCUT2D eigenvalue weighted by Crippen LogP contribution is 2.22. The molecule has 3 nitrogen and oxygen atoms in total. The monoisotopic (exact) mass is 239 g/mol. The number of aliphatic carboxylic acids is 1. The van der Waals surface area contributed by atoms with Gasteiger partial charge in [-0.3, -0.25) is 4.79 Å². The van der Waals surface area contributed by atoms with Gasteiger partial charge in [-0.05, 0) is 36.5 Å². The number of aryl methyl sites for hydroxylation is 1. The molecule has 0 bridgehead atoms. The summed E-state index contributed by atoms with van der Waals surface area (Å²) in [5, 5.41) is 8.66. The Labute approximate surface area is 100 Å². The van der Waals surface area contributed by atoms with E-state index >= 15 is 0 Å². The first-order valence-electron chi connectivity index (χ1n) is 5.63. The van der Waals surface area contributed by atoms with Crippen molar-refractivity contribution in [2.24, 2.45) is 11.7 Å². The third kappa shape index (κ3) is 4.15. The molecule has 0 aliphatic heterocycles. The van der Waals surface area contributed by atoms with Crippen LogP contribution in [0.2, 0.25) is 0 Å². The number of benzene rings is 1. The normalized spacial score (nSPS) is 14.4. The molecular weight excluding hydrogens is 221 g/mol. The van der Waals surface area contributed by atoms with Crippen LogP contribution in [0.3, 0.4) is 0 Å². The molecule has 0 amide bonds. The van der Waals surface area contributed by atoms with Crippen molar-refractivity contribution in [2.45, 2.75) is 32.7 Å². The van der Waals surface area contributed by atoms with E-state index in [4.69, 9.17) is 10.8 Å². The standard InChI is InChI=1S/C13H18FNO2/c1-8(6-13(16)17)5-12(15)10-3-4-11(14)9(2)7-10/h3-4,7-8,12H,5-6,15H2,1-2H3,(H,16,17). The summed E-state index contributed by atoms with van der Waals surface area (Å²) in [6, 6.07) is 4.52. The smallest absolute Gasteiger partial charge is 0.303 e. The van der Waals surface area contributed by atoms with Gasteiger partial charge in [0.2, 0.25) is 0 Å². The predicted molar refractivity (Wildman–Crippen MR) is 64.1 cm³/mol. The summed E-state index contributed by atoms with van der Waals surface area (Å²) >= 11 is 0. The maximum Gasteiger partial charge on any atom is 0.303 e. The number of nitrogens with two attached hydrogens (primary N) is 1. The van der Waals surface area contributed by atoms with Crippen molar-refractivity contribution in [1.82, 2.24) is 0 Å². The summed E-state index contributed by atoms with van der Waals surface area (Å²) in [5.74, 6) is -1.06. The summed E-state index contributed by atoms with van der Waals surface area (Å²) in [6.07, 6.45) is 0.686. The van der Waals surface area contributed by atoms with Gasteiger partial charge in [0.25, 0.3) is 0 Å². The molecule has 0 aliphatic carbocycles. The van der Waals surface area contributed by atoms with Crippen LogP contribution in [0.15, 0.2) is 18.2 Å². The van der Waals surface area contributed by atoms with E-state index in [9.17, 15) is 9.18 Å². The highest BCUT2D eigenvalue weighted by atomic mass is 19.1. The van der Waals surface area contributed by atoms with Crippen molar-refractivity contribution in [3.05, 3.63) is 35.1 Å². The van der Waals surface area contributed by atoms with Crippen molar-refractivity contribution in [3.8, 4) is 0 Å². The summed E-state index contributed by atoms with van der Waals surface area (Å²) in [6.45, 7) is 3.54. The summed E-state index contributed by atoms with van der Waals surface area (Å²) in [5.41, 5.74) is 7.38. The van der Waals surface area contributed by atoms with Crippen molar-refractivity contribution < 1.29 is 14.3 Å². The zero-order chi connectivity index (χ0) is 13.0. The maximum absolute atomic E-state index is 13.1. The molecule has 2 unspecified atom stereocenters. The molecule has 0 fully saturated rings. The molecule has 3 N–H and O–H groups in total. The Hall–Kier alpha value is -1.42. The number of hydrogen-bond donors (Lipinski definition) is 2. The Bertz CT molecular complexity index is 406. The SMILES string of the molecule is Cc1cc(C(N)CC(C)CC(=O)O)ccc1F. The van der Waals surface area contributed by atoms with Crippen LogP contribution in [0.4, 0.5) is 4.39 Å². The Morgan fingerprint density at radius 3 is 2.71 bits per heavy atom. The second-order valence-electron chi connectivity index (χ2n) is 4.55. The highest BCUT2D eigenvalue weighted by Gasteiger charge is 2.14. The largest absolute Gasteiger partial charge is 0.481 e. The van der Waals surface area contributed by atoms with E-state index in [1.165, 1.54) is 6.07 Å². The Balaban J connectivity index is 2.66. The molecule has 0 saturated heterocycles. The Morgan fingerprint density at radius 2 is 2.18 bits per heavy atom. The third-order valence-electron chi connectivity index (χ3n) is 2.79. The molecule has 4 heteroatoms. The van der Waals surface area contributed by atoms with E-state index < -0.39 is 5.97 Å². The molecule has 0 saturated carbocycles. The number of carboxylic acid groups (broad SMARTS) is 1. The van der Waals surface area contributed by atoms with Gasteiger partial charge in [-0.1, -0.05) is 19.1 Å². The molecule has 0 spiro atoms. The number of hydrogen-bond acceptors (Lipinski definition) is 2. The quantitative estimate of drug-likeness (QED) is 0.830. The van der Waals surface area contributed by atoms with Crippen molar-refractivity contribution in [3.63, 3.8) is 0 Å². The fourth-order valence-corrected chi connectivity index (χ4v) is 1.85.